The number of thiophene rings is 1. The van der Waals surface area contributed by atoms with E-state index >= 15 is 0 Å². The molecule has 26 heavy (non-hydrogen) atoms. The van der Waals surface area contributed by atoms with Gasteiger partial charge in [0.1, 0.15) is 11.1 Å². The van der Waals surface area contributed by atoms with Crippen molar-refractivity contribution >= 4 is 34.0 Å². The number of para-hydroxylation sites is 1. The second-order valence-corrected chi connectivity index (χ2v) is 7.86. The first kappa shape index (κ1) is 18.1. The number of carbonyl (C=O) groups is 1. The first-order valence-electron chi connectivity index (χ1n) is 7.81. The van der Waals surface area contributed by atoms with Gasteiger partial charge in [0, 0.05) is 0 Å². The van der Waals surface area contributed by atoms with Gasteiger partial charge in [0.05, 0.1) is 16.5 Å². The standard InChI is InChI=1S/C17H16N6OS2/c1-10-5-4-6-11(2)14(10)23-17(20-21-22-23)26-12(3)15(24)19-16-13(9-18)7-8-25-16/h4-8,12H,1-3H3,(H,19,24)/t12-/m1/s1. The third kappa shape index (κ3) is 3.61. The van der Waals surface area contributed by atoms with Crippen molar-refractivity contribution in [1.82, 2.24) is 20.2 Å². The zero-order valence-electron chi connectivity index (χ0n) is 14.4. The van der Waals surface area contributed by atoms with Gasteiger partial charge >= 0.3 is 0 Å². The molecule has 3 rings (SSSR count). The predicted octanol–water partition coefficient (Wildman–Crippen LogP) is 3.33. The van der Waals surface area contributed by atoms with E-state index in [4.69, 9.17) is 5.26 Å². The molecule has 0 radical (unpaired) electrons. The van der Waals surface area contributed by atoms with Gasteiger partial charge in [-0.2, -0.15) is 9.94 Å². The van der Waals surface area contributed by atoms with Crippen LogP contribution in [0.5, 0.6) is 0 Å². The summed E-state index contributed by atoms with van der Waals surface area (Å²) in [4.78, 5) is 12.5. The molecule has 7 nitrogen and oxygen atoms in total. The SMILES string of the molecule is Cc1cccc(C)c1-n1nnnc1S[C@H](C)C(=O)Nc1sccc1C#N. The molecule has 0 aliphatic rings. The third-order valence-electron chi connectivity index (χ3n) is 3.77. The summed E-state index contributed by atoms with van der Waals surface area (Å²) in [5, 5.41) is 26.2. The first-order valence-corrected chi connectivity index (χ1v) is 9.57. The third-order valence-corrected chi connectivity index (χ3v) is 5.63. The Kier molecular flexibility index (Phi) is 5.35. The van der Waals surface area contributed by atoms with E-state index in [9.17, 15) is 4.79 Å². The van der Waals surface area contributed by atoms with Crippen LogP contribution in [-0.2, 0) is 4.79 Å². The monoisotopic (exact) mass is 384 g/mol. The molecule has 132 valence electrons. The van der Waals surface area contributed by atoms with E-state index in [1.54, 1.807) is 23.1 Å². The van der Waals surface area contributed by atoms with Crippen LogP contribution in [0.1, 0.15) is 23.6 Å². The fraction of sp³-hybridized carbons (Fsp3) is 0.235. The van der Waals surface area contributed by atoms with Gasteiger partial charge < -0.3 is 5.32 Å². The van der Waals surface area contributed by atoms with E-state index in [0.717, 1.165) is 16.8 Å². The summed E-state index contributed by atoms with van der Waals surface area (Å²) >= 11 is 2.59. The van der Waals surface area contributed by atoms with Gasteiger partial charge in [-0.15, -0.1) is 16.4 Å². The van der Waals surface area contributed by atoms with Crippen molar-refractivity contribution in [3.8, 4) is 11.8 Å². The summed E-state index contributed by atoms with van der Waals surface area (Å²) in [5.74, 6) is -0.204. The van der Waals surface area contributed by atoms with Gasteiger partial charge in [0.15, 0.2) is 0 Å². The van der Waals surface area contributed by atoms with Crippen molar-refractivity contribution in [2.24, 2.45) is 0 Å². The Balaban J connectivity index is 1.79. The number of amides is 1. The number of carbonyl (C=O) groups excluding carboxylic acids is 1. The molecule has 2 heterocycles. The Labute approximate surface area is 159 Å². The number of nitrogens with zero attached hydrogens (tertiary/aromatic N) is 5. The molecule has 0 fully saturated rings. The lowest BCUT2D eigenvalue weighted by Crippen LogP contribution is -2.22. The highest BCUT2D eigenvalue weighted by molar-refractivity contribution is 8.00. The molecule has 1 N–H and O–H groups in total. The van der Waals surface area contributed by atoms with Gasteiger partial charge in [-0.05, 0) is 53.8 Å². The fourth-order valence-electron chi connectivity index (χ4n) is 2.45. The van der Waals surface area contributed by atoms with Crippen LogP contribution in [-0.4, -0.2) is 31.4 Å². The minimum Gasteiger partial charge on any atom is -0.316 e. The molecule has 0 aliphatic carbocycles. The van der Waals surface area contributed by atoms with E-state index in [0.29, 0.717) is 15.7 Å². The zero-order chi connectivity index (χ0) is 18.7. The maximum atomic E-state index is 12.5. The molecule has 1 amide bonds. The molecule has 0 aliphatic heterocycles. The van der Waals surface area contributed by atoms with Gasteiger partial charge in [-0.25, -0.2) is 0 Å². The van der Waals surface area contributed by atoms with Crippen molar-refractivity contribution in [2.45, 2.75) is 31.2 Å². The fourth-order valence-corrected chi connectivity index (χ4v) is 3.99. The van der Waals surface area contributed by atoms with Crippen LogP contribution in [0.3, 0.4) is 0 Å². The lowest BCUT2D eigenvalue weighted by atomic mass is 10.1. The predicted molar refractivity (Wildman–Crippen MR) is 102 cm³/mol. The van der Waals surface area contributed by atoms with Gasteiger partial charge in [0.2, 0.25) is 11.1 Å². The smallest absolute Gasteiger partial charge is 0.238 e. The molecule has 0 saturated carbocycles. The van der Waals surface area contributed by atoms with Gasteiger partial charge in [-0.3, -0.25) is 4.79 Å². The number of benzene rings is 1. The second kappa shape index (κ2) is 7.68. The lowest BCUT2D eigenvalue weighted by molar-refractivity contribution is -0.115. The van der Waals surface area contributed by atoms with Crippen molar-refractivity contribution in [2.75, 3.05) is 5.32 Å². The molecule has 0 spiro atoms. The average Bonchev–Trinajstić information content (AvgIpc) is 3.24. The van der Waals surface area contributed by atoms with E-state index in [-0.39, 0.29) is 5.91 Å². The highest BCUT2D eigenvalue weighted by Gasteiger charge is 2.21. The molecule has 0 saturated heterocycles. The summed E-state index contributed by atoms with van der Waals surface area (Å²) < 4.78 is 1.66. The number of aromatic nitrogens is 4. The summed E-state index contributed by atoms with van der Waals surface area (Å²) in [5.41, 5.74) is 3.47. The maximum absolute atomic E-state index is 12.5. The highest BCUT2D eigenvalue weighted by atomic mass is 32.2. The Morgan fingerprint density at radius 2 is 2.08 bits per heavy atom. The van der Waals surface area contributed by atoms with E-state index in [1.807, 2.05) is 32.0 Å². The number of thioether (sulfide) groups is 1. The van der Waals surface area contributed by atoms with Crippen LogP contribution >= 0.6 is 23.1 Å². The Morgan fingerprint density at radius 3 is 2.77 bits per heavy atom. The number of hydrogen-bond donors (Lipinski definition) is 1. The molecular formula is C17H16N6OS2. The molecule has 0 unspecified atom stereocenters. The second-order valence-electron chi connectivity index (χ2n) is 5.64. The Morgan fingerprint density at radius 1 is 1.35 bits per heavy atom. The molecule has 2 aromatic heterocycles. The molecule has 9 heteroatoms. The molecular weight excluding hydrogens is 368 g/mol. The minimum atomic E-state index is -0.433. The first-order chi connectivity index (χ1) is 12.5. The Hall–Kier alpha value is -2.70. The number of rotatable bonds is 5. The highest BCUT2D eigenvalue weighted by Crippen LogP contribution is 2.28. The van der Waals surface area contributed by atoms with Crippen LogP contribution in [0, 0.1) is 25.2 Å². The number of hydrogen-bond acceptors (Lipinski definition) is 7. The van der Waals surface area contributed by atoms with Crippen LogP contribution < -0.4 is 5.32 Å². The summed E-state index contributed by atoms with van der Waals surface area (Å²) in [6.45, 7) is 5.77. The van der Waals surface area contributed by atoms with Crippen LogP contribution in [0.2, 0.25) is 0 Å². The number of nitriles is 1. The summed E-state index contributed by atoms with van der Waals surface area (Å²) in [6.07, 6.45) is 0. The van der Waals surface area contributed by atoms with Crippen molar-refractivity contribution < 1.29 is 4.79 Å². The van der Waals surface area contributed by atoms with Crippen LogP contribution in [0.4, 0.5) is 5.00 Å². The van der Waals surface area contributed by atoms with Crippen molar-refractivity contribution in [1.29, 1.82) is 5.26 Å². The Bertz CT molecular complexity index is 967. The number of anilines is 1. The number of tetrazole rings is 1. The average molecular weight is 384 g/mol. The molecule has 3 aromatic rings. The van der Waals surface area contributed by atoms with Gasteiger partial charge in [0.25, 0.3) is 0 Å². The van der Waals surface area contributed by atoms with Crippen LogP contribution in [0.15, 0.2) is 34.8 Å². The zero-order valence-corrected chi connectivity index (χ0v) is 16.1. The molecule has 0 bridgehead atoms. The largest absolute Gasteiger partial charge is 0.316 e. The maximum Gasteiger partial charge on any atom is 0.238 e. The molecule has 1 atom stereocenters. The van der Waals surface area contributed by atoms with Gasteiger partial charge in [-0.1, -0.05) is 30.0 Å². The van der Waals surface area contributed by atoms with Crippen LogP contribution in [0.25, 0.3) is 5.69 Å². The van der Waals surface area contributed by atoms with E-state index in [1.165, 1.54) is 23.1 Å². The number of aryl methyl sites for hydroxylation is 2. The molecule has 1 aromatic carbocycles. The topological polar surface area (TPSA) is 96.5 Å². The van der Waals surface area contributed by atoms with E-state index in [2.05, 4.69) is 26.9 Å². The van der Waals surface area contributed by atoms with Crippen molar-refractivity contribution in [3.63, 3.8) is 0 Å². The van der Waals surface area contributed by atoms with Crippen molar-refractivity contribution in [3.05, 3.63) is 46.3 Å². The summed E-state index contributed by atoms with van der Waals surface area (Å²) in [6, 6.07) is 9.71. The quantitative estimate of drug-likeness (QED) is 0.678. The lowest BCUT2D eigenvalue weighted by Gasteiger charge is -2.13. The normalized spacial score (nSPS) is 11.8. The minimum absolute atomic E-state index is 0.204. The number of nitrogens with one attached hydrogen (secondary N) is 1. The van der Waals surface area contributed by atoms with E-state index < -0.39 is 5.25 Å². The summed E-state index contributed by atoms with van der Waals surface area (Å²) in [7, 11) is 0.